The Hall–Kier alpha value is -0.470. The second-order valence-electron chi connectivity index (χ2n) is 6.48. The van der Waals surface area contributed by atoms with Crippen molar-refractivity contribution in [2.24, 2.45) is 11.3 Å². The van der Waals surface area contributed by atoms with Gasteiger partial charge in [0.05, 0.1) is 0 Å². The molecule has 0 saturated heterocycles. The molecule has 1 aliphatic rings. The maximum Gasteiger partial charge on any atom is 0.0260 e. The molecule has 1 N–H and O–H groups in total. The molecular weight excluding hydrogens is 238 g/mol. The lowest BCUT2D eigenvalue weighted by Gasteiger charge is -2.27. The quantitative estimate of drug-likeness (QED) is 0.882. The van der Waals surface area contributed by atoms with Crippen LogP contribution in [0, 0.1) is 11.3 Å². The van der Waals surface area contributed by atoms with Gasteiger partial charge in [-0.05, 0) is 35.9 Å². The van der Waals surface area contributed by atoms with E-state index in [1.807, 2.05) is 11.8 Å². The summed E-state index contributed by atoms with van der Waals surface area (Å²) in [5.41, 5.74) is 1.93. The van der Waals surface area contributed by atoms with E-state index >= 15 is 0 Å². The van der Waals surface area contributed by atoms with Crippen molar-refractivity contribution in [2.45, 2.75) is 44.3 Å². The topological polar surface area (TPSA) is 12.0 Å². The summed E-state index contributed by atoms with van der Waals surface area (Å²) in [4.78, 5) is 1.48. The van der Waals surface area contributed by atoms with Gasteiger partial charge in [-0.15, -0.1) is 11.8 Å². The third-order valence-corrected chi connectivity index (χ3v) is 5.33. The zero-order valence-corrected chi connectivity index (χ0v) is 12.8. The molecule has 2 rings (SSSR count). The second kappa shape index (κ2) is 5.66. The predicted octanol–water partition coefficient (Wildman–Crippen LogP) is 3.98. The fraction of sp³-hybridized carbons (Fsp3) is 0.625. The molecule has 0 aromatic heterocycles. The van der Waals surface area contributed by atoms with Crippen LogP contribution in [0.4, 0.5) is 0 Å². The number of rotatable bonds is 4. The molecule has 1 aromatic rings. The van der Waals surface area contributed by atoms with E-state index in [-0.39, 0.29) is 0 Å². The second-order valence-corrected chi connectivity index (χ2v) is 7.82. The number of hydrogen-bond acceptors (Lipinski definition) is 2. The average molecular weight is 263 g/mol. The van der Waals surface area contributed by atoms with Crippen molar-refractivity contribution in [3.8, 4) is 0 Å². The highest BCUT2D eigenvalue weighted by molar-refractivity contribution is 8.00. The number of benzene rings is 1. The lowest BCUT2D eigenvalue weighted by atomic mass is 9.82. The van der Waals surface area contributed by atoms with Crippen LogP contribution < -0.4 is 5.32 Å². The maximum atomic E-state index is 3.65. The molecule has 1 aromatic carbocycles. The number of fused-ring (bicyclic) bond motifs is 1. The van der Waals surface area contributed by atoms with E-state index in [0.29, 0.717) is 11.3 Å². The molecule has 0 radical (unpaired) electrons. The highest BCUT2D eigenvalue weighted by Gasteiger charge is 2.23. The molecule has 0 amide bonds. The summed E-state index contributed by atoms with van der Waals surface area (Å²) >= 11 is 2.03. The molecule has 0 fully saturated rings. The van der Waals surface area contributed by atoms with E-state index in [0.717, 1.165) is 18.3 Å². The van der Waals surface area contributed by atoms with Crippen molar-refractivity contribution in [1.82, 2.24) is 5.32 Å². The van der Waals surface area contributed by atoms with Crippen LogP contribution in [-0.4, -0.2) is 18.3 Å². The number of thioether (sulfide) groups is 1. The first kappa shape index (κ1) is 14.0. The molecule has 100 valence electrons. The van der Waals surface area contributed by atoms with Crippen molar-refractivity contribution >= 4 is 11.8 Å². The Labute approximate surface area is 116 Å². The van der Waals surface area contributed by atoms with Gasteiger partial charge in [0.15, 0.2) is 0 Å². The summed E-state index contributed by atoms with van der Waals surface area (Å²) in [6, 6.07) is 8.80. The number of nitrogens with one attached hydrogen (secondary N) is 1. The van der Waals surface area contributed by atoms with Crippen LogP contribution in [0.3, 0.4) is 0 Å². The Bertz CT molecular complexity index is 369. The summed E-state index contributed by atoms with van der Waals surface area (Å²) < 4.78 is 0. The van der Waals surface area contributed by atoms with E-state index in [1.54, 1.807) is 0 Å². The molecular formula is C16H25NS. The van der Waals surface area contributed by atoms with Crippen LogP contribution in [0.1, 0.15) is 33.3 Å². The Morgan fingerprint density at radius 3 is 2.72 bits per heavy atom. The first-order valence-corrected chi connectivity index (χ1v) is 7.80. The molecule has 0 aliphatic carbocycles. The summed E-state index contributed by atoms with van der Waals surface area (Å²) in [5.74, 6) is 0.714. The zero-order chi connectivity index (χ0) is 13.2. The van der Waals surface area contributed by atoms with Gasteiger partial charge in [0.2, 0.25) is 0 Å². The lowest BCUT2D eigenvalue weighted by molar-refractivity contribution is 0.253. The molecule has 1 heterocycles. The summed E-state index contributed by atoms with van der Waals surface area (Å²) in [6.07, 6.45) is 1.22. The van der Waals surface area contributed by atoms with Crippen LogP contribution >= 0.6 is 11.8 Å². The fourth-order valence-corrected chi connectivity index (χ4v) is 3.42. The molecule has 0 spiro atoms. The minimum atomic E-state index is 0.402. The van der Waals surface area contributed by atoms with Gasteiger partial charge in [0.25, 0.3) is 0 Å². The summed E-state index contributed by atoms with van der Waals surface area (Å²) in [5, 5.41) is 4.36. The minimum Gasteiger partial charge on any atom is -0.315 e. The highest BCUT2D eigenvalue weighted by Crippen LogP contribution is 2.36. The Morgan fingerprint density at radius 1 is 1.33 bits per heavy atom. The molecule has 2 atom stereocenters. The van der Waals surface area contributed by atoms with Crippen LogP contribution in [0.15, 0.2) is 29.2 Å². The normalized spacial score (nSPS) is 20.8. The Balaban J connectivity index is 1.74. The highest BCUT2D eigenvalue weighted by atomic mass is 32.2. The molecule has 2 heteroatoms. The predicted molar refractivity (Wildman–Crippen MR) is 81.3 cm³/mol. The molecule has 0 saturated carbocycles. The zero-order valence-electron chi connectivity index (χ0n) is 12.0. The maximum absolute atomic E-state index is 3.65. The molecule has 2 unspecified atom stereocenters. The van der Waals surface area contributed by atoms with Gasteiger partial charge in [-0.3, -0.25) is 0 Å². The lowest BCUT2D eigenvalue weighted by Crippen LogP contribution is -2.33. The van der Waals surface area contributed by atoms with Crippen molar-refractivity contribution in [2.75, 3.05) is 13.1 Å². The van der Waals surface area contributed by atoms with E-state index < -0.39 is 0 Å². The SMILES string of the molecule is CC(CNCC1Cc2ccccc2S1)C(C)(C)C. The van der Waals surface area contributed by atoms with E-state index in [2.05, 4.69) is 57.3 Å². The van der Waals surface area contributed by atoms with E-state index in [1.165, 1.54) is 16.9 Å². The van der Waals surface area contributed by atoms with Crippen molar-refractivity contribution in [1.29, 1.82) is 0 Å². The smallest absolute Gasteiger partial charge is 0.0260 e. The van der Waals surface area contributed by atoms with Gasteiger partial charge >= 0.3 is 0 Å². The molecule has 1 aliphatic heterocycles. The first-order chi connectivity index (χ1) is 8.47. The number of hydrogen-bond donors (Lipinski definition) is 1. The third-order valence-electron chi connectivity index (χ3n) is 4.01. The van der Waals surface area contributed by atoms with Gasteiger partial charge in [0, 0.05) is 16.7 Å². The molecule has 1 nitrogen and oxygen atoms in total. The summed E-state index contributed by atoms with van der Waals surface area (Å²) in [7, 11) is 0. The largest absolute Gasteiger partial charge is 0.315 e. The van der Waals surface area contributed by atoms with Gasteiger partial charge in [-0.1, -0.05) is 45.9 Å². The standard InChI is InChI=1S/C16H25NS/c1-12(16(2,3)4)10-17-11-14-9-13-7-5-6-8-15(13)18-14/h5-8,12,14,17H,9-11H2,1-4H3. The Morgan fingerprint density at radius 2 is 2.06 bits per heavy atom. The van der Waals surface area contributed by atoms with Crippen LogP contribution in [0.5, 0.6) is 0 Å². The monoisotopic (exact) mass is 263 g/mol. The van der Waals surface area contributed by atoms with Crippen molar-refractivity contribution in [3.05, 3.63) is 29.8 Å². The van der Waals surface area contributed by atoms with Crippen molar-refractivity contribution < 1.29 is 0 Å². The molecule has 18 heavy (non-hydrogen) atoms. The summed E-state index contributed by atoms with van der Waals surface area (Å²) in [6.45, 7) is 11.5. The third kappa shape index (κ3) is 3.52. The van der Waals surface area contributed by atoms with E-state index in [9.17, 15) is 0 Å². The van der Waals surface area contributed by atoms with Gasteiger partial charge < -0.3 is 5.32 Å². The average Bonchev–Trinajstić information content (AvgIpc) is 2.70. The van der Waals surface area contributed by atoms with E-state index in [4.69, 9.17) is 0 Å². The van der Waals surface area contributed by atoms with Gasteiger partial charge in [-0.25, -0.2) is 0 Å². The van der Waals surface area contributed by atoms with Gasteiger partial charge in [0.1, 0.15) is 0 Å². The van der Waals surface area contributed by atoms with Crippen LogP contribution in [0.2, 0.25) is 0 Å². The van der Waals surface area contributed by atoms with Crippen LogP contribution in [0.25, 0.3) is 0 Å². The van der Waals surface area contributed by atoms with Crippen LogP contribution in [-0.2, 0) is 6.42 Å². The van der Waals surface area contributed by atoms with Gasteiger partial charge in [-0.2, -0.15) is 0 Å². The van der Waals surface area contributed by atoms with Crippen molar-refractivity contribution in [3.63, 3.8) is 0 Å². The fourth-order valence-electron chi connectivity index (χ4n) is 2.13. The Kier molecular flexibility index (Phi) is 4.39. The first-order valence-electron chi connectivity index (χ1n) is 6.92. The minimum absolute atomic E-state index is 0.402. The molecule has 0 bridgehead atoms.